The van der Waals surface area contributed by atoms with E-state index in [1.807, 2.05) is 19.1 Å². The van der Waals surface area contributed by atoms with Crippen molar-refractivity contribution in [2.45, 2.75) is 25.6 Å². The molecule has 0 saturated carbocycles. The van der Waals surface area contributed by atoms with Crippen molar-refractivity contribution < 1.29 is 13.2 Å². The molecule has 0 aliphatic carbocycles. The number of hydrogen-bond donors (Lipinski definition) is 1. The molecule has 0 aliphatic heterocycles. The summed E-state index contributed by atoms with van der Waals surface area (Å²) in [5, 5.41) is 0.0956. The number of halogens is 4. The normalized spacial score (nSPS) is 13.5. The Balaban J connectivity index is 2.36. The molecule has 1 unspecified atom stereocenters. The average Bonchev–Trinajstić information content (AvgIpc) is 2.86. The molecule has 1 atom stereocenters. The highest BCUT2D eigenvalue weighted by Gasteiger charge is 2.31. The first-order valence-corrected chi connectivity index (χ1v) is 7.24. The Kier molecular flexibility index (Phi) is 4.42. The molecule has 0 radical (unpaired) electrons. The second kappa shape index (κ2) is 5.76. The zero-order valence-corrected chi connectivity index (χ0v) is 12.2. The Hall–Kier alpha value is -1.04. The van der Waals surface area contributed by atoms with E-state index in [9.17, 15) is 13.2 Å². The minimum atomic E-state index is -4.38. The van der Waals surface area contributed by atoms with E-state index >= 15 is 0 Å². The SMILES string of the molecule is CCC(N)c1ccc(-c2ccc(C(F)(F)F)cc2Cl)s1. The monoisotopic (exact) mass is 319 g/mol. The zero-order valence-electron chi connectivity index (χ0n) is 10.7. The van der Waals surface area contributed by atoms with Gasteiger partial charge < -0.3 is 5.73 Å². The number of thiophene rings is 1. The van der Waals surface area contributed by atoms with Crippen LogP contribution in [0.25, 0.3) is 10.4 Å². The van der Waals surface area contributed by atoms with Gasteiger partial charge in [0.1, 0.15) is 0 Å². The van der Waals surface area contributed by atoms with Crippen molar-refractivity contribution in [1.29, 1.82) is 0 Å². The Morgan fingerprint density at radius 1 is 1.25 bits per heavy atom. The number of hydrogen-bond acceptors (Lipinski definition) is 2. The van der Waals surface area contributed by atoms with E-state index in [4.69, 9.17) is 17.3 Å². The van der Waals surface area contributed by atoms with Crippen LogP contribution < -0.4 is 5.73 Å². The highest BCUT2D eigenvalue weighted by Crippen LogP contribution is 2.38. The molecule has 1 aromatic heterocycles. The molecular formula is C14H13ClF3NS. The van der Waals surface area contributed by atoms with Crippen LogP contribution in [0.5, 0.6) is 0 Å². The van der Waals surface area contributed by atoms with E-state index < -0.39 is 11.7 Å². The Morgan fingerprint density at radius 2 is 1.95 bits per heavy atom. The third kappa shape index (κ3) is 3.16. The fourth-order valence-electron chi connectivity index (χ4n) is 1.79. The van der Waals surface area contributed by atoms with Crippen LogP contribution in [-0.4, -0.2) is 0 Å². The minimum absolute atomic E-state index is 0.0537. The third-order valence-electron chi connectivity index (χ3n) is 2.99. The number of nitrogens with two attached hydrogens (primary N) is 1. The first-order chi connectivity index (χ1) is 9.32. The first kappa shape index (κ1) is 15.4. The molecule has 6 heteroatoms. The lowest BCUT2D eigenvalue weighted by Crippen LogP contribution is -2.05. The van der Waals surface area contributed by atoms with Gasteiger partial charge in [0, 0.05) is 26.4 Å². The Morgan fingerprint density at radius 3 is 2.50 bits per heavy atom. The minimum Gasteiger partial charge on any atom is -0.323 e. The Labute approximate surface area is 124 Å². The summed E-state index contributed by atoms with van der Waals surface area (Å²) in [4.78, 5) is 1.82. The van der Waals surface area contributed by atoms with Gasteiger partial charge >= 0.3 is 6.18 Å². The van der Waals surface area contributed by atoms with Gasteiger partial charge in [0.25, 0.3) is 0 Å². The molecule has 20 heavy (non-hydrogen) atoms. The van der Waals surface area contributed by atoms with E-state index in [0.29, 0.717) is 5.56 Å². The summed E-state index contributed by atoms with van der Waals surface area (Å²) in [7, 11) is 0. The van der Waals surface area contributed by atoms with Crippen LogP contribution in [0.3, 0.4) is 0 Å². The largest absolute Gasteiger partial charge is 0.416 e. The molecule has 0 aliphatic rings. The maximum atomic E-state index is 12.6. The smallest absolute Gasteiger partial charge is 0.323 e. The van der Waals surface area contributed by atoms with Crippen LogP contribution in [0.4, 0.5) is 13.2 Å². The van der Waals surface area contributed by atoms with Crippen molar-refractivity contribution in [1.82, 2.24) is 0 Å². The van der Waals surface area contributed by atoms with Crippen LogP contribution in [-0.2, 0) is 6.18 Å². The van der Waals surface area contributed by atoms with Crippen molar-refractivity contribution in [2.24, 2.45) is 5.73 Å². The van der Waals surface area contributed by atoms with E-state index in [1.54, 1.807) is 0 Å². The average molecular weight is 320 g/mol. The molecule has 2 aromatic rings. The second-order valence-corrected chi connectivity index (χ2v) is 5.93. The zero-order chi connectivity index (χ0) is 14.9. The molecule has 2 rings (SSSR count). The fraction of sp³-hybridized carbons (Fsp3) is 0.286. The van der Waals surface area contributed by atoms with Crippen molar-refractivity contribution in [3.63, 3.8) is 0 Å². The molecule has 0 saturated heterocycles. The van der Waals surface area contributed by atoms with Crippen molar-refractivity contribution in [2.75, 3.05) is 0 Å². The number of alkyl halides is 3. The van der Waals surface area contributed by atoms with Gasteiger partial charge in [-0.05, 0) is 30.7 Å². The van der Waals surface area contributed by atoms with Crippen LogP contribution in [0.15, 0.2) is 30.3 Å². The maximum Gasteiger partial charge on any atom is 0.416 e. The molecule has 108 valence electrons. The van der Waals surface area contributed by atoms with E-state index in [0.717, 1.165) is 28.3 Å². The van der Waals surface area contributed by atoms with Gasteiger partial charge in [-0.25, -0.2) is 0 Å². The Bertz CT molecular complexity index is 607. The molecular weight excluding hydrogens is 307 g/mol. The quantitative estimate of drug-likeness (QED) is 0.794. The van der Waals surface area contributed by atoms with Gasteiger partial charge in [0.15, 0.2) is 0 Å². The fourth-order valence-corrected chi connectivity index (χ4v) is 3.26. The summed E-state index contributed by atoms with van der Waals surface area (Å²) >= 11 is 7.42. The molecule has 0 spiro atoms. The number of benzene rings is 1. The molecule has 1 nitrogen and oxygen atoms in total. The van der Waals surface area contributed by atoms with Crippen molar-refractivity contribution in [3.05, 3.63) is 45.8 Å². The van der Waals surface area contributed by atoms with E-state index in [2.05, 4.69) is 0 Å². The predicted molar refractivity (Wildman–Crippen MR) is 77.0 cm³/mol. The highest BCUT2D eigenvalue weighted by atomic mass is 35.5. The maximum absolute atomic E-state index is 12.6. The van der Waals surface area contributed by atoms with Gasteiger partial charge in [0.05, 0.1) is 5.56 Å². The summed E-state index contributed by atoms with van der Waals surface area (Å²) < 4.78 is 37.8. The third-order valence-corrected chi connectivity index (χ3v) is 4.56. The lowest BCUT2D eigenvalue weighted by atomic mass is 10.1. The molecule has 0 fully saturated rings. The van der Waals surface area contributed by atoms with Crippen LogP contribution in [0.2, 0.25) is 5.02 Å². The predicted octanol–water partition coefficient (Wildman–Crippen LogP) is 5.50. The molecule has 1 aromatic carbocycles. The van der Waals surface area contributed by atoms with Crippen LogP contribution >= 0.6 is 22.9 Å². The van der Waals surface area contributed by atoms with Gasteiger partial charge in [-0.3, -0.25) is 0 Å². The highest BCUT2D eigenvalue weighted by molar-refractivity contribution is 7.15. The standard InChI is InChI=1S/C14H13ClF3NS/c1-2-11(19)13-6-5-12(20-13)9-4-3-8(7-10(9)15)14(16,17)18/h3-7,11H,2,19H2,1H3. The lowest BCUT2D eigenvalue weighted by molar-refractivity contribution is -0.137. The second-order valence-electron chi connectivity index (χ2n) is 4.41. The van der Waals surface area contributed by atoms with Crippen molar-refractivity contribution in [3.8, 4) is 10.4 Å². The lowest BCUT2D eigenvalue weighted by Gasteiger charge is -2.09. The summed E-state index contributed by atoms with van der Waals surface area (Å²) in [6, 6.07) is 7.07. The molecule has 1 heterocycles. The first-order valence-electron chi connectivity index (χ1n) is 6.05. The number of rotatable bonds is 3. The topological polar surface area (TPSA) is 26.0 Å². The van der Waals surface area contributed by atoms with Gasteiger partial charge in [-0.15, -0.1) is 11.3 Å². The summed E-state index contributed by atoms with van der Waals surface area (Å²) in [5.41, 5.74) is 5.79. The molecule has 0 bridgehead atoms. The van der Waals surface area contributed by atoms with Crippen LogP contribution in [0.1, 0.15) is 29.8 Å². The van der Waals surface area contributed by atoms with Gasteiger partial charge in [-0.2, -0.15) is 13.2 Å². The van der Waals surface area contributed by atoms with E-state index in [1.165, 1.54) is 17.4 Å². The summed E-state index contributed by atoms with van der Waals surface area (Å²) in [6.45, 7) is 1.98. The van der Waals surface area contributed by atoms with Gasteiger partial charge in [0.2, 0.25) is 0 Å². The summed E-state index contributed by atoms with van der Waals surface area (Å²) in [6.07, 6.45) is -3.58. The molecule has 0 amide bonds. The van der Waals surface area contributed by atoms with E-state index in [-0.39, 0.29) is 11.1 Å². The summed E-state index contributed by atoms with van der Waals surface area (Å²) in [5.74, 6) is 0. The van der Waals surface area contributed by atoms with Crippen molar-refractivity contribution >= 4 is 22.9 Å². The van der Waals surface area contributed by atoms with Gasteiger partial charge in [-0.1, -0.05) is 24.6 Å². The van der Waals surface area contributed by atoms with Crippen LogP contribution in [0, 0.1) is 0 Å². The molecule has 2 N–H and O–H groups in total.